The molecule has 134 valence electrons. The van der Waals surface area contributed by atoms with E-state index in [1.807, 2.05) is 0 Å². The van der Waals surface area contributed by atoms with Gasteiger partial charge in [-0.15, -0.1) is 0 Å². The van der Waals surface area contributed by atoms with Crippen molar-refractivity contribution < 1.29 is 14.3 Å². The van der Waals surface area contributed by atoms with Gasteiger partial charge in [0.05, 0.1) is 37.3 Å². The molecular weight excluding hydrogens is 344 g/mol. The molecule has 25 heavy (non-hydrogen) atoms. The standard InChI is InChI=1S/C17H21ClN4O3/c1-10(2)7-20-16-9-19-13(8-21-16)17(23)22-12-6-14(24-3)11(18)5-15(12)25-4/h5-6,8-10H,7H2,1-4H3,(H,20,21)(H,22,23). The molecule has 0 saturated heterocycles. The van der Waals surface area contributed by atoms with E-state index in [2.05, 4.69) is 34.4 Å². The van der Waals surface area contributed by atoms with Crippen LogP contribution < -0.4 is 20.1 Å². The number of halogens is 1. The third-order valence-corrected chi connectivity index (χ3v) is 3.59. The van der Waals surface area contributed by atoms with E-state index in [1.54, 1.807) is 12.1 Å². The fourth-order valence-electron chi connectivity index (χ4n) is 1.99. The highest BCUT2D eigenvalue weighted by Crippen LogP contribution is 2.35. The first-order chi connectivity index (χ1) is 11.9. The molecule has 1 aromatic carbocycles. The number of aromatic nitrogens is 2. The molecule has 0 aliphatic heterocycles. The molecule has 0 aliphatic rings. The lowest BCUT2D eigenvalue weighted by atomic mass is 10.2. The predicted molar refractivity (Wildman–Crippen MR) is 97.9 cm³/mol. The third kappa shape index (κ3) is 4.96. The number of nitrogens with zero attached hydrogens (tertiary/aromatic N) is 2. The zero-order valence-electron chi connectivity index (χ0n) is 14.6. The minimum absolute atomic E-state index is 0.186. The lowest BCUT2D eigenvalue weighted by Crippen LogP contribution is -2.16. The van der Waals surface area contributed by atoms with Crippen molar-refractivity contribution in [1.29, 1.82) is 0 Å². The van der Waals surface area contributed by atoms with E-state index in [4.69, 9.17) is 21.1 Å². The van der Waals surface area contributed by atoms with Gasteiger partial charge < -0.3 is 20.1 Å². The Morgan fingerprint density at radius 1 is 1.16 bits per heavy atom. The van der Waals surface area contributed by atoms with Crippen LogP contribution >= 0.6 is 11.6 Å². The molecule has 1 aromatic heterocycles. The largest absolute Gasteiger partial charge is 0.495 e. The van der Waals surface area contributed by atoms with Gasteiger partial charge in [-0.2, -0.15) is 0 Å². The summed E-state index contributed by atoms with van der Waals surface area (Å²) in [6.45, 7) is 4.97. The summed E-state index contributed by atoms with van der Waals surface area (Å²) in [5, 5.41) is 6.25. The van der Waals surface area contributed by atoms with Crippen molar-refractivity contribution in [3.63, 3.8) is 0 Å². The molecule has 0 radical (unpaired) electrons. The van der Waals surface area contributed by atoms with Crippen LogP contribution in [0.4, 0.5) is 11.5 Å². The van der Waals surface area contributed by atoms with Gasteiger partial charge in [0.15, 0.2) is 0 Å². The Kier molecular flexibility index (Phi) is 6.41. The van der Waals surface area contributed by atoms with Crippen molar-refractivity contribution in [2.75, 3.05) is 31.4 Å². The number of hydrogen-bond donors (Lipinski definition) is 2. The molecule has 2 aromatic rings. The smallest absolute Gasteiger partial charge is 0.275 e. The zero-order valence-corrected chi connectivity index (χ0v) is 15.3. The number of carbonyl (C=O) groups is 1. The van der Waals surface area contributed by atoms with E-state index in [0.29, 0.717) is 33.9 Å². The monoisotopic (exact) mass is 364 g/mol. The van der Waals surface area contributed by atoms with Crippen LogP contribution in [0.3, 0.4) is 0 Å². The summed E-state index contributed by atoms with van der Waals surface area (Å²) in [4.78, 5) is 20.7. The summed E-state index contributed by atoms with van der Waals surface area (Å²) >= 11 is 6.06. The van der Waals surface area contributed by atoms with E-state index in [-0.39, 0.29) is 5.69 Å². The summed E-state index contributed by atoms with van der Waals surface area (Å²) in [6, 6.07) is 3.16. The van der Waals surface area contributed by atoms with Crippen molar-refractivity contribution in [2.45, 2.75) is 13.8 Å². The number of anilines is 2. The lowest BCUT2D eigenvalue weighted by Gasteiger charge is -2.13. The fraction of sp³-hybridized carbons (Fsp3) is 0.353. The van der Waals surface area contributed by atoms with Crippen LogP contribution in [0.1, 0.15) is 24.3 Å². The summed E-state index contributed by atoms with van der Waals surface area (Å²) in [5.74, 6) is 1.54. The highest BCUT2D eigenvalue weighted by Gasteiger charge is 2.15. The first kappa shape index (κ1) is 18.8. The van der Waals surface area contributed by atoms with Gasteiger partial charge in [0.25, 0.3) is 5.91 Å². The normalized spacial score (nSPS) is 10.5. The summed E-state index contributed by atoms with van der Waals surface area (Å²) < 4.78 is 10.4. The second-order valence-electron chi connectivity index (χ2n) is 5.70. The Morgan fingerprint density at radius 2 is 1.88 bits per heavy atom. The van der Waals surface area contributed by atoms with E-state index >= 15 is 0 Å². The minimum Gasteiger partial charge on any atom is -0.495 e. The van der Waals surface area contributed by atoms with E-state index < -0.39 is 5.91 Å². The van der Waals surface area contributed by atoms with Gasteiger partial charge in [0.1, 0.15) is 23.0 Å². The maximum Gasteiger partial charge on any atom is 0.275 e. The highest BCUT2D eigenvalue weighted by molar-refractivity contribution is 6.32. The minimum atomic E-state index is -0.411. The molecular formula is C17H21ClN4O3. The van der Waals surface area contributed by atoms with Gasteiger partial charge in [0.2, 0.25) is 0 Å². The van der Waals surface area contributed by atoms with Crippen LogP contribution in [0.2, 0.25) is 5.02 Å². The number of amides is 1. The molecule has 2 rings (SSSR count). The molecule has 1 heterocycles. The summed E-state index contributed by atoms with van der Waals surface area (Å²) in [6.07, 6.45) is 2.94. The van der Waals surface area contributed by atoms with E-state index in [1.165, 1.54) is 26.6 Å². The SMILES string of the molecule is COc1cc(NC(=O)c2cnc(NCC(C)C)cn2)c(OC)cc1Cl. The molecule has 1 amide bonds. The van der Waals surface area contributed by atoms with Gasteiger partial charge in [-0.1, -0.05) is 25.4 Å². The molecule has 0 spiro atoms. The lowest BCUT2D eigenvalue weighted by molar-refractivity contribution is 0.102. The number of hydrogen-bond acceptors (Lipinski definition) is 6. The van der Waals surface area contributed by atoms with Gasteiger partial charge in [-0.05, 0) is 5.92 Å². The molecule has 7 nitrogen and oxygen atoms in total. The molecule has 0 saturated carbocycles. The molecule has 0 atom stereocenters. The Balaban J connectivity index is 2.14. The van der Waals surface area contributed by atoms with Crippen LogP contribution in [0.25, 0.3) is 0 Å². The number of nitrogens with one attached hydrogen (secondary N) is 2. The summed E-state index contributed by atoms with van der Waals surface area (Å²) in [5.41, 5.74) is 0.614. The number of methoxy groups -OCH3 is 2. The predicted octanol–water partition coefficient (Wildman–Crippen LogP) is 3.47. The van der Waals surface area contributed by atoms with Crippen LogP contribution in [0.15, 0.2) is 24.5 Å². The van der Waals surface area contributed by atoms with Crippen molar-refractivity contribution in [3.8, 4) is 11.5 Å². The topological polar surface area (TPSA) is 85.4 Å². The van der Waals surface area contributed by atoms with Crippen molar-refractivity contribution in [1.82, 2.24) is 9.97 Å². The number of benzene rings is 1. The Bertz CT molecular complexity index is 735. The first-order valence-electron chi connectivity index (χ1n) is 7.73. The van der Waals surface area contributed by atoms with E-state index in [9.17, 15) is 4.79 Å². The molecule has 8 heteroatoms. The first-order valence-corrected chi connectivity index (χ1v) is 8.11. The highest BCUT2D eigenvalue weighted by atomic mass is 35.5. The second-order valence-corrected chi connectivity index (χ2v) is 6.11. The zero-order chi connectivity index (χ0) is 18.4. The number of ether oxygens (including phenoxy) is 2. The van der Waals surface area contributed by atoms with Crippen LogP contribution in [0.5, 0.6) is 11.5 Å². The van der Waals surface area contributed by atoms with Gasteiger partial charge in [0, 0.05) is 18.7 Å². The average molecular weight is 365 g/mol. The van der Waals surface area contributed by atoms with Crippen molar-refractivity contribution >= 4 is 29.0 Å². The number of rotatable bonds is 7. The molecule has 2 N–H and O–H groups in total. The third-order valence-electron chi connectivity index (χ3n) is 3.30. The van der Waals surface area contributed by atoms with Gasteiger partial charge in [-0.3, -0.25) is 4.79 Å². The van der Waals surface area contributed by atoms with Crippen LogP contribution in [-0.2, 0) is 0 Å². The quantitative estimate of drug-likeness (QED) is 0.782. The Morgan fingerprint density at radius 3 is 2.44 bits per heavy atom. The maximum atomic E-state index is 12.4. The van der Waals surface area contributed by atoms with Crippen molar-refractivity contribution in [3.05, 3.63) is 35.2 Å². The average Bonchev–Trinajstić information content (AvgIpc) is 2.61. The summed E-state index contributed by atoms with van der Waals surface area (Å²) in [7, 11) is 2.98. The van der Waals surface area contributed by atoms with Crippen molar-refractivity contribution in [2.24, 2.45) is 5.92 Å². The Labute approximate surface area is 151 Å². The molecule has 0 fully saturated rings. The number of carbonyl (C=O) groups excluding carboxylic acids is 1. The van der Waals surface area contributed by atoms with E-state index in [0.717, 1.165) is 6.54 Å². The van der Waals surface area contributed by atoms with Crippen LogP contribution in [-0.4, -0.2) is 36.6 Å². The maximum absolute atomic E-state index is 12.4. The van der Waals surface area contributed by atoms with Gasteiger partial charge >= 0.3 is 0 Å². The molecule has 0 aliphatic carbocycles. The fourth-order valence-corrected chi connectivity index (χ4v) is 2.22. The van der Waals surface area contributed by atoms with Gasteiger partial charge in [-0.25, -0.2) is 9.97 Å². The Hall–Kier alpha value is -2.54. The van der Waals surface area contributed by atoms with Crippen LogP contribution in [0, 0.1) is 5.92 Å². The molecule has 0 unspecified atom stereocenters. The molecule has 0 bridgehead atoms. The second kappa shape index (κ2) is 8.53.